The van der Waals surface area contributed by atoms with Crippen LogP contribution in [0.5, 0.6) is 0 Å². The van der Waals surface area contributed by atoms with Crippen LogP contribution in [0, 0.1) is 0 Å². The molecular formula is C19H20N7O2+. The molecule has 2 aliphatic rings. The fourth-order valence-electron chi connectivity index (χ4n) is 3.47. The normalized spacial score (nSPS) is 15.8. The lowest BCUT2D eigenvalue weighted by Crippen LogP contribution is -2.22. The Bertz CT molecular complexity index is 1120. The highest BCUT2D eigenvalue weighted by atomic mass is 16.2. The SMILES string of the molecule is NC(=O)c1c[nH]c2nc(Nc3ccc4c(c3)CCC(=O)N4)[nH+]c(NC3CC3)c12. The summed E-state index contributed by atoms with van der Waals surface area (Å²) >= 11 is 0. The van der Waals surface area contributed by atoms with Gasteiger partial charge in [-0.2, -0.15) is 0 Å². The molecule has 0 radical (unpaired) electrons. The van der Waals surface area contributed by atoms with Gasteiger partial charge in [-0.15, -0.1) is 0 Å². The van der Waals surface area contributed by atoms with E-state index in [2.05, 4.69) is 30.9 Å². The summed E-state index contributed by atoms with van der Waals surface area (Å²) in [5, 5.41) is 10.2. The van der Waals surface area contributed by atoms with Gasteiger partial charge in [-0.3, -0.25) is 14.9 Å². The molecule has 0 bridgehead atoms. The Hall–Kier alpha value is -3.62. The molecule has 5 rings (SSSR count). The number of amides is 2. The van der Waals surface area contributed by atoms with E-state index in [0.29, 0.717) is 41.4 Å². The molecule has 0 atom stereocenters. The maximum Gasteiger partial charge on any atom is 0.351 e. The lowest BCUT2D eigenvalue weighted by atomic mass is 10.0. The molecule has 1 saturated carbocycles. The zero-order valence-corrected chi connectivity index (χ0v) is 15.1. The van der Waals surface area contributed by atoms with Gasteiger partial charge in [0.05, 0.1) is 17.3 Å². The molecule has 3 heterocycles. The minimum absolute atomic E-state index is 0.0430. The molecule has 3 aromatic rings. The van der Waals surface area contributed by atoms with Crippen LogP contribution >= 0.6 is 0 Å². The van der Waals surface area contributed by atoms with Crippen molar-refractivity contribution in [3.63, 3.8) is 0 Å². The van der Waals surface area contributed by atoms with E-state index in [1.807, 2.05) is 18.2 Å². The second kappa shape index (κ2) is 6.22. The van der Waals surface area contributed by atoms with Crippen LogP contribution < -0.4 is 26.7 Å². The van der Waals surface area contributed by atoms with Crippen molar-refractivity contribution in [3.05, 3.63) is 35.5 Å². The predicted octanol–water partition coefficient (Wildman–Crippen LogP) is 1.68. The number of fused-ring (bicyclic) bond motifs is 2. The minimum atomic E-state index is -0.502. The molecule has 0 saturated heterocycles. The van der Waals surface area contributed by atoms with E-state index in [0.717, 1.165) is 35.6 Å². The topological polar surface area (TPSA) is 139 Å². The lowest BCUT2D eigenvalue weighted by Gasteiger charge is -2.17. The highest BCUT2D eigenvalue weighted by molar-refractivity contribution is 6.08. The number of aromatic amines is 2. The van der Waals surface area contributed by atoms with Crippen LogP contribution in [0.2, 0.25) is 0 Å². The fourth-order valence-corrected chi connectivity index (χ4v) is 3.47. The quantitative estimate of drug-likeness (QED) is 0.460. The van der Waals surface area contributed by atoms with Gasteiger partial charge in [0.2, 0.25) is 17.4 Å². The van der Waals surface area contributed by atoms with Crippen molar-refractivity contribution in [2.45, 2.75) is 31.7 Å². The molecule has 1 fully saturated rings. The van der Waals surface area contributed by atoms with Gasteiger partial charge in [-0.1, -0.05) is 4.98 Å². The van der Waals surface area contributed by atoms with Gasteiger partial charge in [0.15, 0.2) is 0 Å². The van der Waals surface area contributed by atoms with Crippen molar-refractivity contribution >= 4 is 46.0 Å². The number of H-pyrrole nitrogens is 2. The van der Waals surface area contributed by atoms with Crippen LogP contribution in [-0.2, 0) is 11.2 Å². The first-order chi connectivity index (χ1) is 13.6. The van der Waals surface area contributed by atoms with E-state index in [1.165, 1.54) is 0 Å². The summed E-state index contributed by atoms with van der Waals surface area (Å²) in [6.07, 6.45) is 4.96. The molecule has 2 amide bonds. The predicted molar refractivity (Wildman–Crippen MR) is 104 cm³/mol. The molecule has 1 aliphatic heterocycles. The first-order valence-electron chi connectivity index (χ1n) is 9.27. The summed E-state index contributed by atoms with van der Waals surface area (Å²) < 4.78 is 0. The molecule has 9 heteroatoms. The number of hydrogen-bond acceptors (Lipinski definition) is 5. The number of benzene rings is 1. The van der Waals surface area contributed by atoms with Crippen molar-refractivity contribution < 1.29 is 14.6 Å². The third-order valence-corrected chi connectivity index (χ3v) is 5.03. The molecule has 142 valence electrons. The molecular weight excluding hydrogens is 358 g/mol. The van der Waals surface area contributed by atoms with Crippen molar-refractivity contribution in [1.29, 1.82) is 0 Å². The van der Waals surface area contributed by atoms with Gasteiger partial charge in [-0.05, 0) is 43.0 Å². The average Bonchev–Trinajstić information content (AvgIpc) is 3.37. The smallest absolute Gasteiger partial charge is 0.351 e. The molecule has 2 aromatic heterocycles. The van der Waals surface area contributed by atoms with Gasteiger partial charge in [-0.25, -0.2) is 4.98 Å². The standard InChI is InChI=1S/C19H19N7O2/c20-16(28)12-8-21-17-15(12)18(22-10-2-3-10)26-19(25-17)23-11-4-5-13-9(7-11)1-6-14(27)24-13/h4-5,7-8,10H,1-3,6H2,(H2,20,28)(H,24,27)(H3,21,22,23,25,26)/p+1. The Morgan fingerprint density at radius 3 is 2.93 bits per heavy atom. The molecule has 1 aliphatic carbocycles. The average molecular weight is 378 g/mol. The second-order valence-corrected chi connectivity index (χ2v) is 7.21. The van der Waals surface area contributed by atoms with Crippen LogP contribution in [0.3, 0.4) is 0 Å². The third-order valence-electron chi connectivity index (χ3n) is 5.03. The van der Waals surface area contributed by atoms with Crippen molar-refractivity contribution in [2.75, 3.05) is 16.0 Å². The third kappa shape index (κ3) is 3.00. The molecule has 7 N–H and O–H groups in total. The van der Waals surface area contributed by atoms with E-state index in [9.17, 15) is 9.59 Å². The van der Waals surface area contributed by atoms with E-state index >= 15 is 0 Å². The number of nitrogens with two attached hydrogens (primary N) is 1. The van der Waals surface area contributed by atoms with E-state index in [-0.39, 0.29) is 5.91 Å². The molecule has 0 unspecified atom stereocenters. The number of aryl methyl sites for hydroxylation is 1. The van der Waals surface area contributed by atoms with Crippen molar-refractivity contribution in [3.8, 4) is 0 Å². The van der Waals surface area contributed by atoms with E-state index < -0.39 is 5.91 Å². The maximum absolute atomic E-state index is 11.8. The summed E-state index contributed by atoms with van der Waals surface area (Å²) in [4.78, 5) is 34.1. The fraction of sp³-hybridized carbons (Fsp3) is 0.263. The van der Waals surface area contributed by atoms with Gasteiger partial charge >= 0.3 is 5.95 Å². The summed E-state index contributed by atoms with van der Waals surface area (Å²) in [7, 11) is 0. The number of rotatable bonds is 5. The number of anilines is 4. The zero-order valence-electron chi connectivity index (χ0n) is 15.1. The zero-order chi connectivity index (χ0) is 19.3. The van der Waals surface area contributed by atoms with Crippen molar-refractivity contribution in [2.24, 2.45) is 5.73 Å². The van der Waals surface area contributed by atoms with Gasteiger partial charge in [0.25, 0.3) is 5.91 Å². The van der Waals surface area contributed by atoms with Gasteiger partial charge in [0.1, 0.15) is 5.39 Å². The molecule has 28 heavy (non-hydrogen) atoms. The first kappa shape index (κ1) is 16.5. The Morgan fingerprint density at radius 2 is 2.14 bits per heavy atom. The van der Waals surface area contributed by atoms with E-state index in [4.69, 9.17) is 5.73 Å². The summed E-state index contributed by atoms with van der Waals surface area (Å²) in [5.74, 6) is 0.794. The second-order valence-electron chi connectivity index (χ2n) is 7.21. The Balaban J connectivity index is 1.51. The van der Waals surface area contributed by atoms with Gasteiger partial charge in [0, 0.05) is 18.3 Å². The van der Waals surface area contributed by atoms with Crippen LogP contribution in [0.4, 0.5) is 23.1 Å². The monoisotopic (exact) mass is 378 g/mol. The Labute approximate surface area is 160 Å². The van der Waals surface area contributed by atoms with Crippen LogP contribution in [0.1, 0.15) is 35.2 Å². The van der Waals surface area contributed by atoms with Crippen LogP contribution in [0.15, 0.2) is 24.4 Å². The number of primary amides is 1. The molecule has 0 spiro atoms. The number of nitrogens with one attached hydrogen (secondary N) is 5. The summed E-state index contributed by atoms with van der Waals surface area (Å²) in [6, 6.07) is 6.17. The highest BCUT2D eigenvalue weighted by Gasteiger charge is 2.28. The summed E-state index contributed by atoms with van der Waals surface area (Å²) in [6.45, 7) is 0. The highest BCUT2D eigenvalue weighted by Crippen LogP contribution is 2.30. The first-order valence-corrected chi connectivity index (χ1v) is 9.27. The molecule has 9 nitrogen and oxygen atoms in total. The molecule has 1 aromatic carbocycles. The number of hydrogen-bond donors (Lipinski definition) is 5. The lowest BCUT2D eigenvalue weighted by molar-refractivity contribution is -0.345. The maximum atomic E-state index is 11.8. The number of nitrogens with zero attached hydrogens (tertiary/aromatic N) is 1. The minimum Gasteiger partial charge on any atom is -0.366 e. The Kier molecular flexibility index (Phi) is 3.68. The van der Waals surface area contributed by atoms with Crippen molar-refractivity contribution in [1.82, 2.24) is 9.97 Å². The van der Waals surface area contributed by atoms with Crippen LogP contribution in [0.25, 0.3) is 11.0 Å². The Morgan fingerprint density at radius 1 is 1.29 bits per heavy atom. The van der Waals surface area contributed by atoms with Crippen LogP contribution in [-0.4, -0.2) is 27.8 Å². The number of carbonyl (C=O) groups is 2. The number of aromatic nitrogens is 3. The largest absolute Gasteiger partial charge is 0.366 e. The van der Waals surface area contributed by atoms with E-state index in [1.54, 1.807) is 6.20 Å². The van der Waals surface area contributed by atoms with Gasteiger partial charge < -0.3 is 21.4 Å². The number of carbonyl (C=O) groups excluding carboxylic acids is 2. The summed E-state index contributed by atoms with van der Waals surface area (Å²) in [5.41, 5.74) is 9.26.